The first kappa shape index (κ1) is 15.5. The second kappa shape index (κ2) is 6.76. The van der Waals surface area contributed by atoms with Crippen molar-refractivity contribution in [1.29, 1.82) is 0 Å². The van der Waals surface area contributed by atoms with Crippen LogP contribution in [-0.2, 0) is 0 Å². The second-order valence-electron chi connectivity index (χ2n) is 5.10. The highest BCUT2D eigenvalue weighted by molar-refractivity contribution is 6.30. The Bertz CT molecular complexity index is 787. The highest BCUT2D eigenvalue weighted by Gasteiger charge is 2.11. The zero-order valence-corrected chi connectivity index (χ0v) is 13.2. The number of hydrogen-bond acceptors (Lipinski definition) is 6. The molecule has 0 aliphatic rings. The van der Waals surface area contributed by atoms with E-state index in [9.17, 15) is 5.11 Å². The Labute approximate surface area is 138 Å². The SMILES string of the molecule is C[C@@H](O)CNc1ccc(-c2nc(-c3cccc(Cl)c3)no2)cn1. The van der Waals surface area contributed by atoms with Crippen molar-refractivity contribution in [3.8, 4) is 22.8 Å². The Balaban J connectivity index is 1.77. The van der Waals surface area contributed by atoms with Crippen LogP contribution < -0.4 is 5.32 Å². The van der Waals surface area contributed by atoms with Crippen LogP contribution in [0.1, 0.15) is 6.92 Å². The molecule has 1 atom stereocenters. The van der Waals surface area contributed by atoms with E-state index in [1.54, 1.807) is 31.3 Å². The minimum absolute atomic E-state index is 0.384. The molecular formula is C16H15ClN4O2. The molecule has 1 aromatic carbocycles. The first-order valence-electron chi connectivity index (χ1n) is 7.10. The predicted molar refractivity (Wildman–Crippen MR) is 88.1 cm³/mol. The van der Waals surface area contributed by atoms with Crippen LogP contribution >= 0.6 is 11.6 Å². The van der Waals surface area contributed by atoms with E-state index in [0.29, 0.717) is 34.7 Å². The molecule has 23 heavy (non-hydrogen) atoms. The highest BCUT2D eigenvalue weighted by Crippen LogP contribution is 2.24. The topological polar surface area (TPSA) is 84.1 Å². The summed E-state index contributed by atoms with van der Waals surface area (Å²) in [5.41, 5.74) is 1.50. The predicted octanol–water partition coefficient (Wildman–Crippen LogP) is 3.24. The van der Waals surface area contributed by atoms with E-state index in [1.165, 1.54) is 0 Å². The van der Waals surface area contributed by atoms with E-state index in [0.717, 1.165) is 5.56 Å². The van der Waals surface area contributed by atoms with Crippen molar-refractivity contribution in [2.45, 2.75) is 13.0 Å². The summed E-state index contributed by atoms with van der Waals surface area (Å²) in [5, 5.41) is 16.8. The Morgan fingerprint density at radius 2 is 2.13 bits per heavy atom. The van der Waals surface area contributed by atoms with Crippen molar-refractivity contribution in [1.82, 2.24) is 15.1 Å². The number of aliphatic hydroxyl groups excluding tert-OH is 1. The van der Waals surface area contributed by atoms with E-state index >= 15 is 0 Å². The number of aliphatic hydroxyl groups is 1. The Hall–Kier alpha value is -2.44. The Kier molecular flexibility index (Phi) is 4.55. The lowest BCUT2D eigenvalue weighted by atomic mass is 10.2. The van der Waals surface area contributed by atoms with Crippen molar-refractivity contribution in [2.24, 2.45) is 0 Å². The van der Waals surface area contributed by atoms with Gasteiger partial charge in [0.1, 0.15) is 5.82 Å². The van der Waals surface area contributed by atoms with Gasteiger partial charge in [0.05, 0.1) is 11.7 Å². The van der Waals surface area contributed by atoms with Crippen molar-refractivity contribution in [2.75, 3.05) is 11.9 Å². The van der Waals surface area contributed by atoms with Crippen LogP contribution in [-0.4, -0.2) is 32.9 Å². The Morgan fingerprint density at radius 1 is 1.26 bits per heavy atom. The van der Waals surface area contributed by atoms with Gasteiger partial charge in [0.2, 0.25) is 5.82 Å². The van der Waals surface area contributed by atoms with Crippen molar-refractivity contribution < 1.29 is 9.63 Å². The van der Waals surface area contributed by atoms with Crippen LogP contribution in [0.15, 0.2) is 47.1 Å². The highest BCUT2D eigenvalue weighted by atomic mass is 35.5. The number of nitrogens with one attached hydrogen (secondary N) is 1. The molecule has 118 valence electrons. The molecule has 0 spiro atoms. The average Bonchev–Trinajstić information content (AvgIpc) is 3.03. The zero-order valence-electron chi connectivity index (χ0n) is 12.4. The smallest absolute Gasteiger partial charge is 0.259 e. The molecule has 0 unspecified atom stereocenters. The van der Waals surface area contributed by atoms with Crippen LogP contribution in [0.25, 0.3) is 22.8 Å². The molecule has 2 N–H and O–H groups in total. The fourth-order valence-electron chi connectivity index (χ4n) is 1.96. The van der Waals surface area contributed by atoms with Gasteiger partial charge in [-0.1, -0.05) is 28.9 Å². The number of nitrogens with zero attached hydrogens (tertiary/aromatic N) is 3. The van der Waals surface area contributed by atoms with Gasteiger partial charge in [0.25, 0.3) is 5.89 Å². The molecule has 0 radical (unpaired) electrons. The molecule has 0 fully saturated rings. The van der Waals surface area contributed by atoms with Crippen LogP contribution in [0.3, 0.4) is 0 Å². The summed E-state index contributed by atoms with van der Waals surface area (Å²) in [6, 6.07) is 10.9. The molecular weight excluding hydrogens is 316 g/mol. The molecule has 3 rings (SSSR count). The number of pyridine rings is 1. The van der Waals surface area contributed by atoms with E-state index in [2.05, 4.69) is 20.4 Å². The van der Waals surface area contributed by atoms with Gasteiger partial charge in [-0.05, 0) is 31.2 Å². The molecule has 0 aliphatic heterocycles. The number of rotatable bonds is 5. The van der Waals surface area contributed by atoms with Crippen molar-refractivity contribution >= 4 is 17.4 Å². The molecule has 0 saturated carbocycles. The lowest BCUT2D eigenvalue weighted by Gasteiger charge is -2.07. The molecule has 0 saturated heterocycles. The maximum absolute atomic E-state index is 9.24. The molecule has 3 aromatic rings. The van der Waals surface area contributed by atoms with Gasteiger partial charge in [0, 0.05) is 23.3 Å². The maximum atomic E-state index is 9.24. The fourth-order valence-corrected chi connectivity index (χ4v) is 2.15. The Morgan fingerprint density at radius 3 is 2.83 bits per heavy atom. The summed E-state index contributed by atoms with van der Waals surface area (Å²) in [7, 11) is 0. The third kappa shape index (κ3) is 3.85. The van der Waals surface area contributed by atoms with E-state index in [1.807, 2.05) is 18.2 Å². The molecule has 0 bridgehead atoms. The van der Waals surface area contributed by atoms with Gasteiger partial charge in [-0.3, -0.25) is 0 Å². The molecule has 7 heteroatoms. The monoisotopic (exact) mass is 330 g/mol. The minimum Gasteiger partial charge on any atom is -0.392 e. The number of benzene rings is 1. The van der Waals surface area contributed by atoms with E-state index in [-0.39, 0.29) is 0 Å². The van der Waals surface area contributed by atoms with Crippen LogP contribution in [0.4, 0.5) is 5.82 Å². The number of hydrogen-bond donors (Lipinski definition) is 2. The summed E-state index contributed by atoms with van der Waals surface area (Å²) in [6.07, 6.45) is 1.20. The van der Waals surface area contributed by atoms with Gasteiger partial charge in [-0.25, -0.2) is 4.98 Å². The van der Waals surface area contributed by atoms with Gasteiger partial charge < -0.3 is 14.9 Å². The van der Waals surface area contributed by atoms with Crippen LogP contribution in [0, 0.1) is 0 Å². The first-order valence-corrected chi connectivity index (χ1v) is 7.47. The van der Waals surface area contributed by atoms with E-state index < -0.39 is 6.10 Å². The van der Waals surface area contributed by atoms with Crippen LogP contribution in [0.5, 0.6) is 0 Å². The molecule has 0 amide bonds. The summed E-state index contributed by atoms with van der Waals surface area (Å²) in [6.45, 7) is 2.14. The quantitative estimate of drug-likeness (QED) is 0.747. The second-order valence-corrected chi connectivity index (χ2v) is 5.53. The van der Waals surface area contributed by atoms with Crippen molar-refractivity contribution in [3.63, 3.8) is 0 Å². The first-order chi connectivity index (χ1) is 11.1. The average molecular weight is 331 g/mol. The van der Waals surface area contributed by atoms with Gasteiger partial charge in [-0.15, -0.1) is 0 Å². The molecule has 6 nitrogen and oxygen atoms in total. The van der Waals surface area contributed by atoms with Crippen molar-refractivity contribution in [3.05, 3.63) is 47.6 Å². The summed E-state index contributed by atoms with van der Waals surface area (Å²) < 4.78 is 5.28. The number of halogens is 1. The minimum atomic E-state index is -0.437. The van der Waals surface area contributed by atoms with Gasteiger partial charge >= 0.3 is 0 Å². The largest absolute Gasteiger partial charge is 0.392 e. The van der Waals surface area contributed by atoms with Gasteiger partial charge in [-0.2, -0.15) is 4.98 Å². The number of anilines is 1. The van der Waals surface area contributed by atoms with Gasteiger partial charge in [0.15, 0.2) is 0 Å². The maximum Gasteiger partial charge on any atom is 0.259 e. The van der Waals surface area contributed by atoms with E-state index in [4.69, 9.17) is 16.1 Å². The van der Waals surface area contributed by atoms with Crippen LogP contribution in [0.2, 0.25) is 5.02 Å². The standard InChI is InChI=1S/C16H15ClN4O2/c1-10(22)8-18-14-6-5-12(9-19-14)16-20-15(21-23-16)11-3-2-4-13(17)7-11/h2-7,9-10,22H,8H2,1H3,(H,18,19)/t10-/m1/s1. The zero-order chi connectivity index (χ0) is 16.2. The summed E-state index contributed by atoms with van der Waals surface area (Å²) in [5.74, 6) is 1.53. The summed E-state index contributed by atoms with van der Waals surface area (Å²) in [4.78, 5) is 8.61. The molecule has 0 aliphatic carbocycles. The third-order valence-electron chi connectivity index (χ3n) is 3.10. The molecule has 2 aromatic heterocycles. The fraction of sp³-hybridized carbons (Fsp3) is 0.188. The lowest BCUT2D eigenvalue weighted by Crippen LogP contribution is -2.15. The normalized spacial score (nSPS) is 12.1. The molecule has 2 heterocycles. The lowest BCUT2D eigenvalue weighted by molar-refractivity contribution is 0.208. The number of aromatic nitrogens is 3. The summed E-state index contributed by atoms with van der Waals surface area (Å²) >= 11 is 5.97. The third-order valence-corrected chi connectivity index (χ3v) is 3.33.